The number of hydrogen-bond donors (Lipinski definition) is 1. The van der Waals surface area contributed by atoms with Crippen LogP contribution in [0.1, 0.15) is 34.6 Å². The van der Waals surface area contributed by atoms with Crippen LogP contribution in [0.15, 0.2) is 0 Å². The number of rotatable bonds is 9. The highest BCUT2D eigenvalue weighted by atomic mass is 32.1. The van der Waals surface area contributed by atoms with Gasteiger partial charge in [0.1, 0.15) is 5.73 Å². The summed E-state index contributed by atoms with van der Waals surface area (Å²) in [5.74, 6) is 0. The average Bonchev–Trinajstić information content (AvgIpc) is 2.17. The van der Waals surface area contributed by atoms with Gasteiger partial charge in [-0.15, -0.1) is 12.6 Å². The van der Waals surface area contributed by atoms with E-state index in [2.05, 4.69) is 12.6 Å². The Balaban J connectivity index is 4.68. The maximum absolute atomic E-state index is 5.71. The molecule has 0 rings (SSSR count). The Labute approximate surface area is 105 Å². The molecule has 0 aliphatic heterocycles. The van der Waals surface area contributed by atoms with E-state index >= 15 is 0 Å². The van der Waals surface area contributed by atoms with E-state index in [0.29, 0.717) is 19.8 Å². The lowest BCUT2D eigenvalue weighted by Gasteiger charge is -2.33. The number of ether oxygens (including phenoxy) is 1. The first-order valence-electron chi connectivity index (χ1n) is 5.77. The SMILES string of the molecule is CCO[Si](OCC)(OCC)C(C)OC(C)S. The topological polar surface area (TPSA) is 36.9 Å². The summed E-state index contributed by atoms with van der Waals surface area (Å²) >= 11 is 4.21. The molecule has 0 aromatic heterocycles. The van der Waals surface area contributed by atoms with Crippen LogP contribution in [0.5, 0.6) is 0 Å². The highest BCUT2D eigenvalue weighted by Gasteiger charge is 2.48. The molecule has 0 spiro atoms. The smallest absolute Gasteiger partial charge is 0.372 e. The summed E-state index contributed by atoms with van der Waals surface area (Å²) in [5, 5.41) is 0. The third-order valence-corrected chi connectivity index (χ3v) is 5.26. The molecule has 0 heterocycles. The predicted molar refractivity (Wildman–Crippen MR) is 69.6 cm³/mol. The van der Waals surface area contributed by atoms with Crippen molar-refractivity contribution in [3.63, 3.8) is 0 Å². The summed E-state index contributed by atoms with van der Waals surface area (Å²) in [6, 6.07) is 0. The van der Waals surface area contributed by atoms with Gasteiger partial charge in [0.15, 0.2) is 0 Å². The van der Waals surface area contributed by atoms with Crippen LogP contribution in [0.2, 0.25) is 0 Å². The molecule has 0 radical (unpaired) electrons. The number of hydrogen-bond acceptors (Lipinski definition) is 5. The normalized spacial score (nSPS) is 16.1. The zero-order valence-electron chi connectivity index (χ0n) is 10.9. The molecule has 98 valence electrons. The van der Waals surface area contributed by atoms with Crippen LogP contribution < -0.4 is 0 Å². The van der Waals surface area contributed by atoms with Crippen molar-refractivity contribution >= 4 is 21.4 Å². The zero-order valence-corrected chi connectivity index (χ0v) is 12.8. The minimum atomic E-state index is -2.73. The van der Waals surface area contributed by atoms with Crippen LogP contribution in [0.4, 0.5) is 0 Å². The summed E-state index contributed by atoms with van der Waals surface area (Å²) in [6.07, 6.45) is 0. The van der Waals surface area contributed by atoms with Crippen LogP contribution in [-0.4, -0.2) is 39.8 Å². The Morgan fingerprint density at radius 3 is 1.56 bits per heavy atom. The van der Waals surface area contributed by atoms with Crippen LogP contribution in [0.25, 0.3) is 0 Å². The third kappa shape index (κ3) is 5.16. The van der Waals surface area contributed by atoms with Crippen molar-refractivity contribution < 1.29 is 18.0 Å². The van der Waals surface area contributed by atoms with Gasteiger partial charge in [0.05, 0.1) is 5.44 Å². The van der Waals surface area contributed by atoms with E-state index in [1.54, 1.807) is 0 Å². The molecule has 0 N–H and O–H groups in total. The van der Waals surface area contributed by atoms with Crippen molar-refractivity contribution in [2.24, 2.45) is 0 Å². The van der Waals surface area contributed by atoms with E-state index < -0.39 is 8.80 Å². The molecule has 0 fully saturated rings. The molecular weight excluding hydrogens is 244 g/mol. The zero-order chi connectivity index (χ0) is 12.6. The Kier molecular flexibility index (Phi) is 8.71. The molecule has 16 heavy (non-hydrogen) atoms. The largest absolute Gasteiger partial charge is 0.531 e. The second kappa shape index (κ2) is 8.49. The summed E-state index contributed by atoms with van der Waals surface area (Å²) in [5.41, 5.74) is -0.372. The molecule has 0 aromatic rings. The van der Waals surface area contributed by atoms with Crippen LogP contribution in [-0.2, 0) is 18.0 Å². The van der Waals surface area contributed by atoms with Crippen molar-refractivity contribution in [3.05, 3.63) is 0 Å². The molecule has 0 bridgehead atoms. The van der Waals surface area contributed by atoms with Gasteiger partial charge in [-0.05, 0) is 34.6 Å². The Hall–Kier alpha value is 0.407. The summed E-state index contributed by atoms with van der Waals surface area (Å²) in [6.45, 7) is 11.2. The molecule has 0 saturated heterocycles. The maximum atomic E-state index is 5.71. The van der Waals surface area contributed by atoms with Crippen molar-refractivity contribution in [1.82, 2.24) is 0 Å². The van der Waals surface area contributed by atoms with Crippen LogP contribution in [0, 0.1) is 0 Å². The molecule has 0 aliphatic rings. The number of thiol groups is 1. The first-order chi connectivity index (χ1) is 7.52. The van der Waals surface area contributed by atoms with E-state index in [-0.39, 0.29) is 11.2 Å². The summed E-state index contributed by atoms with van der Waals surface area (Å²) in [7, 11) is -2.73. The second-order valence-electron chi connectivity index (χ2n) is 3.28. The fourth-order valence-corrected chi connectivity index (χ4v) is 4.29. The molecule has 2 unspecified atom stereocenters. The van der Waals surface area contributed by atoms with Gasteiger partial charge in [-0.25, -0.2) is 0 Å². The van der Waals surface area contributed by atoms with Crippen molar-refractivity contribution in [3.8, 4) is 0 Å². The van der Waals surface area contributed by atoms with Gasteiger partial charge in [0, 0.05) is 19.8 Å². The Bertz CT molecular complexity index is 163. The first kappa shape index (κ1) is 16.4. The van der Waals surface area contributed by atoms with Crippen molar-refractivity contribution in [2.75, 3.05) is 19.8 Å². The molecule has 0 aromatic carbocycles. The minimum absolute atomic E-state index is 0.164. The predicted octanol–water partition coefficient (Wildman–Crippen LogP) is 2.25. The van der Waals surface area contributed by atoms with Crippen molar-refractivity contribution in [2.45, 2.75) is 45.8 Å². The Morgan fingerprint density at radius 1 is 0.938 bits per heavy atom. The van der Waals surface area contributed by atoms with Gasteiger partial charge in [-0.2, -0.15) is 0 Å². The fraction of sp³-hybridized carbons (Fsp3) is 1.00. The van der Waals surface area contributed by atoms with Gasteiger partial charge >= 0.3 is 8.80 Å². The van der Waals surface area contributed by atoms with E-state index in [9.17, 15) is 0 Å². The van der Waals surface area contributed by atoms with Crippen LogP contribution in [0.3, 0.4) is 0 Å². The molecule has 2 atom stereocenters. The van der Waals surface area contributed by atoms with E-state index in [0.717, 1.165) is 0 Å². The third-order valence-electron chi connectivity index (χ3n) is 1.94. The monoisotopic (exact) mass is 268 g/mol. The summed E-state index contributed by atoms with van der Waals surface area (Å²) in [4.78, 5) is 0. The van der Waals surface area contributed by atoms with E-state index in [1.165, 1.54) is 0 Å². The van der Waals surface area contributed by atoms with E-state index in [4.69, 9.17) is 18.0 Å². The van der Waals surface area contributed by atoms with Gasteiger partial charge in [-0.1, -0.05) is 0 Å². The maximum Gasteiger partial charge on any atom is 0.531 e. The molecule has 0 amide bonds. The minimum Gasteiger partial charge on any atom is -0.372 e. The molecule has 4 nitrogen and oxygen atoms in total. The standard InChI is InChI=1S/C10H24O4SSi/c1-6-11-16(12-7-2,13-8-3)10(5)14-9(4)15/h9-10,15H,6-8H2,1-5H3. The lowest BCUT2D eigenvalue weighted by Crippen LogP contribution is -2.56. The van der Waals surface area contributed by atoms with Gasteiger partial charge in [0.25, 0.3) is 0 Å². The molecule has 0 aliphatic carbocycles. The summed E-state index contributed by atoms with van der Waals surface area (Å²) < 4.78 is 22.8. The molecular formula is C10H24O4SSi. The molecule has 6 heteroatoms. The van der Waals surface area contributed by atoms with Crippen molar-refractivity contribution in [1.29, 1.82) is 0 Å². The average molecular weight is 268 g/mol. The van der Waals surface area contributed by atoms with Gasteiger partial charge in [-0.3, -0.25) is 0 Å². The van der Waals surface area contributed by atoms with E-state index in [1.807, 2.05) is 34.6 Å². The Morgan fingerprint density at radius 2 is 1.31 bits per heavy atom. The first-order valence-corrected chi connectivity index (χ1v) is 8.09. The lowest BCUT2D eigenvalue weighted by molar-refractivity contribution is -0.00708. The highest BCUT2D eigenvalue weighted by molar-refractivity contribution is 7.80. The fourth-order valence-electron chi connectivity index (χ4n) is 1.46. The molecule has 0 saturated carbocycles. The lowest BCUT2D eigenvalue weighted by atomic mass is 10.8. The highest BCUT2D eigenvalue weighted by Crippen LogP contribution is 2.19. The van der Waals surface area contributed by atoms with Crippen LogP contribution >= 0.6 is 12.6 Å². The van der Waals surface area contributed by atoms with Gasteiger partial charge in [0.2, 0.25) is 0 Å². The van der Waals surface area contributed by atoms with Gasteiger partial charge < -0.3 is 18.0 Å². The second-order valence-corrected chi connectivity index (χ2v) is 6.89. The quantitative estimate of drug-likeness (QED) is 0.395.